The molecule has 0 amide bonds. The maximum Gasteiger partial charge on any atom is 0.174 e. The van der Waals surface area contributed by atoms with Gasteiger partial charge in [-0.2, -0.15) is 5.06 Å². The SMILES string of the molecule is CCCN(CCC)OOSCC12CCC(CC1(OC)OC)C2(C)C. The number of hydroxylamine groups is 2. The summed E-state index contributed by atoms with van der Waals surface area (Å²) in [5, 5.41) is 1.89. The van der Waals surface area contributed by atoms with Gasteiger partial charge in [0.1, 0.15) is 0 Å². The van der Waals surface area contributed by atoms with E-state index in [1.54, 1.807) is 14.2 Å². The molecule has 0 N–H and O–H groups in total. The second-order valence-electron chi connectivity index (χ2n) is 7.74. The highest BCUT2D eigenvalue weighted by Gasteiger charge is 2.72. The third-order valence-corrected chi connectivity index (χ3v) is 7.28. The molecule has 6 heteroatoms. The molecule has 0 spiro atoms. The molecule has 0 heterocycles. The summed E-state index contributed by atoms with van der Waals surface area (Å²) in [5.41, 5.74) is 0.116. The van der Waals surface area contributed by atoms with Crippen molar-refractivity contribution in [3.05, 3.63) is 0 Å². The molecule has 2 saturated carbocycles. The molecule has 0 saturated heterocycles. The number of ether oxygens (including phenoxy) is 2. The molecule has 5 nitrogen and oxygen atoms in total. The van der Waals surface area contributed by atoms with Gasteiger partial charge in [0.25, 0.3) is 0 Å². The average Bonchev–Trinajstić information content (AvgIpc) is 2.92. The lowest BCUT2D eigenvalue weighted by Gasteiger charge is -2.48. The molecule has 2 fully saturated rings. The van der Waals surface area contributed by atoms with Crippen LogP contribution < -0.4 is 0 Å². The fourth-order valence-corrected chi connectivity index (χ4v) is 6.05. The molecular weight excluding hydrogens is 326 g/mol. The Kier molecular flexibility index (Phi) is 7.02. The predicted molar refractivity (Wildman–Crippen MR) is 97.1 cm³/mol. The first-order chi connectivity index (χ1) is 11.4. The summed E-state index contributed by atoms with van der Waals surface area (Å²) in [4.78, 5) is 5.50. The zero-order valence-electron chi connectivity index (χ0n) is 16.2. The third kappa shape index (κ3) is 3.26. The lowest BCUT2D eigenvalue weighted by atomic mass is 9.68. The van der Waals surface area contributed by atoms with Crippen LogP contribution in [-0.4, -0.2) is 43.9 Å². The van der Waals surface area contributed by atoms with E-state index in [-0.39, 0.29) is 10.8 Å². The Balaban J connectivity index is 1.98. The van der Waals surface area contributed by atoms with Crippen molar-refractivity contribution in [1.82, 2.24) is 5.06 Å². The Labute approximate surface area is 151 Å². The van der Waals surface area contributed by atoms with Gasteiger partial charge in [0.05, 0.1) is 0 Å². The number of methoxy groups -OCH3 is 2. The lowest BCUT2D eigenvalue weighted by Crippen LogP contribution is -2.53. The highest BCUT2D eigenvalue weighted by Crippen LogP contribution is 2.71. The number of hydrogen-bond donors (Lipinski definition) is 0. The molecule has 0 aromatic heterocycles. The molecule has 2 atom stereocenters. The summed E-state index contributed by atoms with van der Waals surface area (Å²) in [5.74, 6) is 0.933. The van der Waals surface area contributed by atoms with Gasteiger partial charge in [-0.15, -0.1) is 9.32 Å². The second-order valence-corrected chi connectivity index (χ2v) is 8.40. The van der Waals surface area contributed by atoms with Crippen molar-refractivity contribution in [1.29, 1.82) is 0 Å². The molecule has 0 aliphatic heterocycles. The largest absolute Gasteiger partial charge is 0.353 e. The van der Waals surface area contributed by atoms with E-state index in [1.165, 1.54) is 18.5 Å². The van der Waals surface area contributed by atoms with Gasteiger partial charge < -0.3 is 9.47 Å². The van der Waals surface area contributed by atoms with Crippen LogP contribution in [0.3, 0.4) is 0 Å². The summed E-state index contributed by atoms with van der Waals surface area (Å²) in [6.45, 7) is 10.8. The van der Waals surface area contributed by atoms with Crippen molar-refractivity contribution in [2.75, 3.05) is 33.1 Å². The topological polar surface area (TPSA) is 40.2 Å². The average molecular weight is 362 g/mol. The van der Waals surface area contributed by atoms with Crippen LogP contribution in [-0.2, 0) is 18.8 Å². The summed E-state index contributed by atoms with van der Waals surface area (Å²) in [6.07, 6.45) is 5.40. The van der Waals surface area contributed by atoms with Gasteiger partial charge >= 0.3 is 0 Å². The van der Waals surface area contributed by atoms with E-state index in [9.17, 15) is 0 Å². The summed E-state index contributed by atoms with van der Waals surface area (Å²) < 4.78 is 17.4. The zero-order valence-corrected chi connectivity index (χ0v) is 17.0. The molecular formula is C18H35NO4S. The Morgan fingerprint density at radius 2 is 1.71 bits per heavy atom. The number of hydrogen-bond acceptors (Lipinski definition) is 6. The minimum absolute atomic E-state index is 0.0530. The second kappa shape index (κ2) is 8.23. The summed E-state index contributed by atoms with van der Waals surface area (Å²) >= 11 is 1.39. The van der Waals surface area contributed by atoms with Crippen LogP contribution in [0.15, 0.2) is 0 Å². The number of nitrogens with zero attached hydrogens (tertiary/aromatic N) is 1. The van der Waals surface area contributed by atoms with E-state index in [1.807, 2.05) is 5.06 Å². The highest BCUT2D eigenvalue weighted by molar-refractivity contribution is 7.94. The molecule has 2 aliphatic carbocycles. The van der Waals surface area contributed by atoms with E-state index >= 15 is 0 Å². The van der Waals surface area contributed by atoms with E-state index in [2.05, 4.69) is 27.7 Å². The van der Waals surface area contributed by atoms with Crippen molar-refractivity contribution in [3.8, 4) is 0 Å². The summed E-state index contributed by atoms with van der Waals surface area (Å²) in [7, 11) is 3.54. The van der Waals surface area contributed by atoms with E-state index in [0.717, 1.165) is 44.5 Å². The van der Waals surface area contributed by atoms with Gasteiger partial charge in [-0.05, 0) is 37.0 Å². The minimum Gasteiger partial charge on any atom is -0.353 e. The minimum atomic E-state index is -0.512. The molecule has 0 aromatic carbocycles. The summed E-state index contributed by atoms with van der Waals surface area (Å²) in [6, 6.07) is 0. The Morgan fingerprint density at radius 3 is 2.21 bits per heavy atom. The van der Waals surface area contributed by atoms with Crippen LogP contribution in [0.4, 0.5) is 0 Å². The van der Waals surface area contributed by atoms with Gasteiger partial charge in [-0.25, -0.2) is 0 Å². The van der Waals surface area contributed by atoms with E-state index < -0.39 is 5.79 Å². The Hall–Kier alpha value is 0.150. The van der Waals surface area contributed by atoms with Crippen LogP contribution in [0.25, 0.3) is 0 Å². The lowest BCUT2D eigenvalue weighted by molar-refractivity contribution is -0.360. The first-order valence-electron chi connectivity index (χ1n) is 9.24. The first kappa shape index (κ1) is 20.5. The van der Waals surface area contributed by atoms with Crippen LogP contribution >= 0.6 is 12.0 Å². The monoisotopic (exact) mass is 361 g/mol. The third-order valence-electron chi connectivity index (χ3n) is 6.51. The fraction of sp³-hybridized carbons (Fsp3) is 1.00. The van der Waals surface area contributed by atoms with Gasteiger partial charge in [0.15, 0.2) is 5.79 Å². The standard InChI is InChI=1S/C18H35NO4S/c1-7-11-19(12-8-2)22-23-24-14-17-10-9-15(16(17,3)4)13-18(17,20-5)21-6/h15H,7-14H2,1-6H3. The zero-order chi connectivity index (χ0) is 17.8. The Morgan fingerprint density at radius 1 is 1.08 bits per heavy atom. The molecule has 24 heavy (non-hydrogen) atoms. The maximum atomic E-state index is 5.93. The number of fused-ring (bicyclic) bond motifs is 2. The van der Waals surface area contributed by atoms with Crippen LogP contribution in [0, 0.1) is 16.7 Å². The molecule has 2 rings (SSSR count). The predicted octanol–water partition coefficient (Wildman–Crippen LogP) is 4.44. The molecule has 0 aromatic rings. The van der Waals surface area contributed by atoms with Crippen molar-refractivity contribution < 1.29 is 18.8 Å². The molecule has 2 bridgehead atoms. The highest BCUT2D eigenvalue weighted by atomic mass is 32.2. The quantitative estimate of drug-likeness (QED) is 0.178. The van der Waals surface area contributed by atoms with Crippen molar-refractivity contribution in [2.45, 2.75) is 65.6 Å². The van der Waals surface area contributed by atoms with E-state index in [0.29, 0.717) is 5.92 Å². The Bertz CT molecular complexity index is 396. The van der Waals surface area contributed by atoms with Crippen LogP contribution in [0.5, 0.6) is 0 Å². The smallest absolute Gasteiger partial charge is 0.174 e. The van der Waals surface area contributed by atoms with Gasteiger partial charge in [0.2, 0.25) is 0 Å². The van der Waals surface area contributed by atoms with E-state index in [4.69, 9.17) is 18.8 Å². The van der Waals surface area contributed by atoms with Gasteiger partial charge in [-0.3, -0.25) is 0 Å². The normalized spacial score (nSPS) is 30.4. The fourth-order valence-electron chi connectivity index (χ4n) is 4.94. The van der Waals surface area contributed by atoms with Crippen molar-refractivity contribution >= 4 is 12.0 Å². The molecule has 0 radical (unpaired) electrons. The number of rotatable bonds is 11. The van der Waals surface area contributed by atoms with Crippen LogP contribution in [0.1, 0.15) is 59.8 Å². The molecule has 142 valence electrons. The van der Waals surface area contributed by atoms with Crippen molar-refractivity contribution in [3.63, 3.8) is 0 Å². The molecule has 2 unspecified atom stereocenters. The van der Waals surface area contributed by atoms with Crippen molar-refractivity contribution in [2.24, 2.45) is 16.7 Å². The maximum absolute atomic E-state index is 5.93. The van der Waals surface area contributed by atoms with Gasteiger partial charge in [0, 0.05) is 56.9 Å². The van der Waals surface area contributed by atoms with Crippen LogP contribution in [0.2, 0.25) is 0 Å². The first-order valence-corrected chi connectivity index (χ1v) is 10.2. The van der Waals surface area contributed by atoms with Gasteiger partial charge in [-0.1, -0.05) is 27.7 Å². The molecule has 2 aliphatic rings.